The van der Waals surface area contributed by atoms with Gasteiger partial charge in [0.05, 0.1) is 25.3 Å². The van der Waals surface area contributed by atoms with Crippen molar-refractivity contribution in [3.05, 3.63) is 24.3 Å². The Hall–Kier alpha value is -1.75. The van der Waals surface area contributed by atoms with Crippen LogP contribution in [0.3, 0.4) is 0 Å². The molecule has 0 bridgehead atoms. The fourth-order valence-electron chi connectivity index (χ4n) is 2.50. The maximum absolute atomic E-state index is 11.9. The van der Waals surface area contributed by atoms with Crippen molar-refractivity contribution in [2.75, 3.05) is 26.3 Å². The van der Waals surface area contributed by atoms with Gasteiger partial charge in [0.25, 0.3) is 5.91 Å². The number of rotatable bonds is 7. The molecule has 1 amide bonds. The zero-order chi connectivity index (χ0) is 15.3. The van der Waals surface area contributed by atoms with E-state index in [1.54, 1.807) is 17.0 Å². The van der Waals surface area contributed by atoms with Gasteiger partial charge >= 0.3 is 0 Å². The summed E-state index contributed by atoms with van der Waals surface area (Å²) in [4.78, 5) is 13.6. The highest BCUT2D eigenvalue weighted by Crippen LogP contribution is 2.26. The van der Waals surface area contributed by atoms with Crippen LogP contribution in [-0.4, -0.2) is 47.8 Å². The Bertz CT molecular complexity index is 466. The Labute approximate surface area is 125 Å². The van der Waals surface area contributed by atoms with Crippen molar-refractivity contribution in [3.63, 3.8) is 0 Å². The van der Waals surface area contributed by atoms with E-state index in [0.29, 0.717) is 25.4 Å². The minimum atomic E-state index is -0.691. The van der Waals surface area contributed by atoms with Gasteiger partial charge in [-0.1, -0.05) is 13.3 Å². The molecule has 2 rings (SSSR count). The van der Waals surface area contributed by atoms with Crippen molar-refractivity contribution >= 4 is 5.91 Å². The Morgan fingerprint density at radius 2 is 1.76 bits per heavy atom. The number of hydrogen-bond donors (Lipinski definition) is 1. The molecule has 1 aromatic rings. The minimum Gasteiger partial charge on any atom is -0.494 e. The predicted octanol–water partition coefficient (Wildman–Crippen LogP) is 1.84. The fraction of sp³-hybridized carbons (Fsp3) is 0.562. The van der Waals surface area contributed by atoms with Crippen molar-refractivity contribution in [2.24, 2.45) is 0 Å². The van der Waals surface area contributed by atoms with E-state index in [1.807, 2.05) is 26.0 Å². The van der Waals surface area contributed by atoms with Crippen LogP contribution in [0.4, 0.5) is 0 Å². The van der Waals surface area contributed by atoms with E-state index in [2.05, 4.69) is 0 Å². The molecule has 1 aromatic carbocycles. The van der Waals surface area contributed by atoms with Crippen LogP contribution < -0.4 is 9.47 Å². The maximum Gasteiger partial charge on any atom is 0.260 e. The van der Waals surface area contributed by atoms with Gasteiger partial charge in [-0.15, -0.1) is 0 Å². The molecule has 1 aliphatic rings. The summed E-state index contributed by atoms with van der Waals surface area (Å²) >= 11 is 0. The summed E-state index contributed by atoms with van der Waals surface area (Å²) < 4.78 is 10.8. The molecule has 5 nitrogen and oxygen atoms in total. The Morgan fingerprint density at radius 1 is 1.19 bits per heavy atom. The number of aliphatic hydroxyl groups is 1. The molecule has 1 saturated heterocycles. The largest absolute Gasteiger partial charge is 0.494 e. The monoisotopic (exact) mass is 293 g/mol. The van der Waals surface area contributed by atoms with Gasteiger partial charge in [-0.05, 0) is 37.6 Å². The summed E-state index contributed by atoms with van der Waals surface area (Å²) in [5, 5.41) is 10.0. The second-order valence-corrected chi connectivity index (χ2v) is 5.42. The van der Waals surface area contributed by atoms with Crippen LogP contribution >= 0.6 is 0 Å². The first kappa shape index (κ1) is 15.6. The van der Waals surface area contributed by atoms with E-state index in [-0.39, 0.29) is 12.5 Å². The van der Waals surface area contributed by atoms with Crippen LogP contribution in [0.15, 0.2) is 24.3 Å². The van der Waals surface area contributed by atoms with Crippen LogP contribution in [0.25, 0.3) is 0 Å². The number of nitrogens with zero attached hydrogens (tertiary/aromatic N) is 1. The van der Waals surface area contributed by atoms with Crippen LogP contribution in [-0.2, 0) is 4.79 Å². The lowest BCUT2D eigenvalue weighted by atomic mass is 9.89. The van der Waals surface area contributed by atoms with Gasteiger partial charge in [-0.25, -0.2) is 0 Å². The van der Waals surface area contributed by atoms with Crippen LogP contribution in [0.5, 0.6) is 11.5 Å². The molecular weight excluding hydrogens is 270 g/mol. The first-order valence-electron chi connectivity index (χ1n) is 7.42. The first-order valence-corrected chi connectivity index (χ1v) is 7.42. The van der Waals surface area contributed by atoms with Gasteiger partial charge in [0.15, 0.2) is 6.61 Å². The summed E-state index contributed by atoms with van der Waals surface area (Å²) in [6, 6.07) is 7.18. The van der Waals surface area contributed by atoms with E-state index in [9.17, 15) is 9.90 Å². The van der Waals surface area contributed by atoms with Gasteiger partial charge in [0.1, 0.15) is 11.5 Å². The minimum absolute atomic E-state index is 0.00378. The molecule has 0 aliphatic carbocycles. The smallest absolute Gasteiger partial charge is 0.260 e. The first-order chi connectivity index (χ1) is 10.1. The van der Waals surface area contributed by atoms with E-state index >= 15 is 0 Å². The highest BCUT2D eigenvalue weighted by Gasteiger charge is 2.42. The molecule has 21 heavy (non-hydrogen) atoms. The zero-order valence-electron chi connectivity index (χ0n) is 12.7. The molecule has 1 fully saturated rings. The molecule has 0 radical (unpaired) electrons. The normalized spacial score (nSPS) is 16.2. The molecule has 1 heterocycles. The Morgan fingerprint density at radius 3 is 2.29 bits per heavy atom. The molecule has 1 N–H and O–H groups in total. The standard InChI is InChI=1S/C16H23NO4/c1-3-9-16(19)11-17(12-16)15(18)10-21-14-7-5-13(6-8-14)20-4-2/h5-8,19H,3-4,9-12H2,1-2H3. The van der Waals surface area contributed by atoms with Gasteiger partial charge in [0.2, 0.25) is 0 Å². The third kappa shape index (κ3) is 4.11. The van der Waals surface area contributed by atoms with E-state index < -0.39 is 5.60 Å². The van der Waals surface area contributed by atoms with Gasteiger partial charge in [-0.3, -0.25) is 4.79 Å². The average Bonchev–Trinajstić information content (AvgIpc) is 2.44. The zero-order valence-corrected chi connectivity index (χ0v) is 12.7. The number of carbonyl (C=O) groups is 1. The third-order valence-corrected chi connectivity index (χ3v) is 3.54. The lowest BCUT2D eigenvalue weighted by Gasteiger charge is -2.46. The molecular formula is C16H23NO4. The number of hydrogen-bond acceptors (Lipinski definition) is 4. The van der Waals surface area contributed by atoms with Crippen molar-refractivity contribution in [2.45, 2.75) is 32.3 Å². The molecule has 0 atom stereocenters. The van der Waals surface area contributed by atoms with Crippen molar-refractivity contribution in [1.29, 1.82) is 0 Å². The SMILES string of the molecule is CCCC1(O)CN(C(=O)COc2ccc(OCC)cc2)C1. The number of carbonyl (C=O) groups excluding carboxylic acids is 1. The van der Waals surface area contributed by atoms with Crippen molar-refractivity contribution < 1.29 is 19.4 Å². The molecule has 5 heteroatoms. The molecule has 0 aromatic heterocycles. The highest BCUT2D eigenvalue weighted by molar-refractivity contribution is 5.79. The maximum atomic E-state index is 11.9. The van der Waals surface area contributed by atoms with Crippen LogP contribution in [0.1, 0.15) is 26.7 Å². The number of ether oxygens (including phenoxy) is 2. The second-order valence-electron chi connectivity index (χ2n) is 5.42. The Kier molecular flexibility index (Phi) is 5.07. The fourth-order valence-corrected chi connectivity index (χ4v) is 2.50. The molecule has 0 unspecified atom stereocenters. The van der Waals surface area contributed by atoms with E-state index in [1.165, 1.54) is 0 Å². The predicted molar refractivity (Wildman–Crippen MR) is 79.5 cm³/mol. The second kappa shape index (κ2) is 6.80. The number of β-amino-alcohol motifs (C(OH)–C–C–N with tert-alkyl or cyclic N) is 1. The Balaban J connectivity index is 1.75. The van der Waals surface area contributed by atoms with Gasteiger partial charge < -0.3 is 19.5 Å². The highest BCUT2D eigenvalue weighted by atomic mass is 16.5. The summed E-state index contributed by atoms with van der Waals surface area (Å²) in [5.41, 5.74) is -0.691. The third-order valence-electron chi connectivity index (χ3n) is 3.54. The van der Waals surface area contributed by atoms with Gasteiger partial charge in [0, 0.05) is 0 Å². The quantitative estimate of drug-likeness (QED) is 0.833. The molecule has 116 valence electrons. The summed E-state index contributed by atoms with van der Waals surface area (Å²) in [6.45, 7) is 5.39. The molecule has 0 spiro atoms. The van der Waals surface area contributed by atoms with E-state index in [0.717, 1.165) is 18.6 Å². The average molecular weight is 293 g/mol. The number of benzene rings is 1. The number of likely N-dealkylation sites (tertiary alicyclic amines) is 1. The summed E-state index contributed by atoms with van der Waals surface area (Å²) in [5.74, 6) is 1.32. The van der Waals surface area contributed by atoms with Crippen LogP contribution in [0, 0.1) is 0 Å². The summed E-state index contributed by atoms with van der Waals surface area (Å²) in [7, 11) is 0. The molecule has 0 saturated carbocycles. The lowest BCUT2D eigenvalue weighted by molar-refractivity contribution is -0.158. The summed E-state index contributed by atoms with van der Waals surface area (Å²) in [6.07, 6.45) is 1.65. The van der Waals surface area contributed by atoms with Crippen molar-refractivity contribution in [3.8, 4) is 11.5 Å². The number of amides is 1. The van der Waals surface area contributed by atoms with Crippen molar-refractivity contribution in [1.82, 2.24) is 4.90 Å². The van der Waals surface area contributed by atoms with E-state index in [4.69, 9.17) is 9.47 Å². The lowest BCUT2D eigenvalue weighted by Crippen LogP contribution is -2.64. The van der Waals surface area contributed by atoms with Crippen LogP contribution in [0.2, 0.25) is 0 Å². The van der Waals surface area contributed by atoms with Gasteiger partial charge in [-0.2, -0.15) is 0 Å². The topological polar surface area (TPSA) is 59.0 Å². The molecule has 1 aliphatic heterocycles.